The summed E-state index contributed by atoms with van der Waals surface area (Å²) >= 11 is 0. The smallest absolute Gasteiger partial charge is 0.351 e. The molecule has 0 aromatic heterocycles. The van der Waals surface area contributed by atoms with Crippen molar-refractivity contribution in [3.63, 3.8) is 0 Å². The molecule has 30 heavy (non-hydrogen) atoms. The normalized spacial score (nSPS) is 47.5. The van der Waals surface area contributed by atoms with Crippen LogP contribution in [0, 0.1) is 39.9 Å². The van der Waals surface area contributed by atoms with Crippen molar-refractivity contribution in [1.29, 1.82) is 0 Å². The third kappa shape index (κ3) is 2.45. The predicted molar refractivity (Wildman–Crippen MR) is 107 cm³/mol. The maximum absolute atomic E-state index is 13.3. The van der Waals surface area contributed by atoms with Gasteiger partial charge in [0.1, 0.15) is 12.2 Å². The van der Waals surface area contributed by atoms with Gasteiger partial charge in [0.15, 0.2) is 0 Å². The van der Waals surface area contributed by atoms with Gasteiger partial charge >= 0.3 is 17.9 Å². The van der Waals surface area contributed by atoms with Gasteiger partial charge in [-0.3, -0.25) is 9.59 Å². The number of carbonyl (C=O) groups excluding carboxylic acids is 3. The summed E-state index contributed by atoms with van der Waals surface area (Å²) < 4.78 is 16.8. The fraction of sp³-hybridized carbons (Fsp3) is 0.875. The molecule has 4 bridgehead atoms. The molecule has 0 radical (unpaired) electrons. The van der Waals surface area contributed by atoms with E-state index in [1.807, 2.05) is 0 Å². The summed E-state index contributed by atoms with van der Waals surface area (Å²) in [6, 6.07) is 0. The Morgan fingerprint density at radius 1 is 1.13 bits per heavy atom. The van der Waals surface area contributed by atoms with Crippen LogP contribution in [0.25, 0.3) is 0 Å². The van der Waals surface area contributed by atoms with Crippen molar-refractivity contribution >= 4 is 17.9 Å². The zero-order valence-electron chi connectivity index (χ0n) is 18.9. The molecule has 1 spiro atoms. The number of esters is 3. The molecule has 8 unspecified atom stereocenters. The second-order valence-corrected chi connectivity index (χ2v) is 12.2. The molecule has 5 rings (SSSR count). The van der Waals surface area contributed by atoms with Gasteiger partial charge < -0.3 is 14.2 Å². The number of hydrogen-bond donors (Lipinski definition) is 0. The van der Waals surface area contributed by atoms with Crippen LogP contribution in [0.4, 0.5) is 0 Å². The van der Waals surface area contributed by atoms with Gasteiger partial charge in [0, 0.05) is 19.8 Å². The first kappa shape index (κ1) is 20.3. The highest BCUT2D eigenvalue weighted by atomic mass is 16.6. The Hall–Kier alpha value is -1.59. The first-order chi connectivity index (χ1) is 13.8. The Kier molecular flexibility index (Phi) is 3.93. The number of ether oxygens (including phenoxy) is 3. The van der Waals surface area contributed by atoms with E-state index in [9.17, 15) is 14.4 Å². The average Bonchev–Trinajstić information content (AvgIpc) is 3.03. The van der Waals surface area contributed by atoms with E-state index in [0.717, 1.165) is 12.8 Å². The van der Waals surface area contributed by atoms with E-state index in [1.54, 1.807) is 0 Å². The highest BCUT2D eigenvalue weighted by Gasteiger charge is 2.83. The molecule has 0 amide bonds. The summed E-state index contributed by atoms with van der Waals surface area (Å²) in [4.78, 5) is 37.1. The van der Waals surface area contributed by atoms with Crippen LogP contribution in [0.1, 0.15) is 73.6 Å². The van der Waals surface area contributed by atoms with Gasteiger partial charge in [-0.15, -0.1) is 0 Å². The fourth-order valence-electron chi connectivity index (χ4n) is 8.22. The van der Waals surface area contributed by atoms with Crippen molar-refractivity contribution in [3.05, 3.63) is 0 Å². The Balaban J connectivity index is 1.30. The van der Waals surface area contributed by atoms with Crippen molar-refractivity contribution in [2.24, 2.45) is 39.9 Å². The molecule has 6 heteroatoms. The third-order valence-electron chi connectivity index (χ3n) is 9.41. The van der Waals surface area contributed by atoms with Crippen LogP contribution >= 0.6 is 0 Å². The number of carbonyl (C=O) groups is 3. The minimum atomic E-state index is -1.19. The zero-order chi connectivity index (χ0) is 21.9. The van der Waals surface area contributed by atoms with E-state index in [2.05, 4.69) is 34.6 Å². The van der Waals surface area contributed by atoms with Crippen LogP contribution < -0.4 is 0 Å². The topological polar surface area (TPSA) is 78.9 Å². The second-order valence-electron chi connectivity index (χ2n) is 12.2. The summed E-state index contributed by atoms with van der Waals surface area (Å²) in [6.07, 6.45) is 2.20. The summed E-state index contributed by atoms with van der Waals surface area (Å²) in [7, 11) is 0. The quantitative estimate of drug-likeness (QED) is 0.514. The highest BCUT2D eigenvalue weighted by Crippen LogP contribution is 2.88. The third-order valence-corrected chi connectivity index (χ3v) is 9.41. The number of hydrogen-bond acceptors (Lipinski definition) is 6. The first-order valence-corrected chi connectivity index (χ1v) is 11.4. The van der Waals surface area contributed by atoms with E-state index in [4.69, 9.17) is 14.2 Å². The second kappa shape index (κ2) is 5.80. The number of rotatable bonds is 3. The molecular weight excluding hydrogens is 384 g/mol. The molecule has 166 valence electrons. The lowest BCUT2D eigenvalue weighted by Gasteiger charge is -2.39. The van der Waals surface area contributed by atoms with E-state index < -0.39 is 29.7 Å². The molecule has 4 saturated carbocycles. The van der Waals surface area contributed by atoms with E-state index in [-0.39, 0.29) is 29.1 Å². The molecule has 6 nitrogen and oxygen atoms in total. The van der Waals surface area contributed by atoms with Gasteiger partial charge in [0.2, 0.25) is 5.60 Å². The molecule has 1 saturated heterocycles. The Morgan fingerprint density at radius 2 is 1.83 bits per heavy atom. The molecule has 5 aliphatic rings. The van der Waals surface area contributed by atoms with Crippen molar-refractivity contribution in [2.75, 3.05) is 0 Å². The van der Waals surface area contributed by atoms with Gasteiger partial charge in [0.25, 0.3) is 0 Å². The fourth-order valence-corrected chi connectivity index (χ4v) is 8.22. The van der Waals surface area contributed by atoms with Crippen LogP contribution in [0.5, 0.6) is 0 Å². The minimum Gasteiger partial charge on any atom is -0.458 e. The Labute approximate surface area is 178 Å². The van der Waals surface area contributed by atoms with Gasteiger partial charge in [-0.2, -0.15) is 0 Å². The maximum atomic E-state index is 13.3. The molecule has 0 aromatic carbocycles. The molecule has 5 fully saturated rings. The van der Waals surface area contributed by atoms with E-state index in [1.165, 1.54) is 6.92 Å². The lowest BCUT2D eigenvalue weighted by atomic mass is 9.66. The van der Waals surface area contributed by atoms with Crippen molar-refractivity contribution in [1.82, 2.24) is 0 Å². The zero-order valence-corrected chi connectivity index (χ0v) is 18.9. The molecule has 4 aliphatic carbocycles. The molecule has 0 aromatic rings. The monoisotopic (exact) mass is 418 g/mol. The molecule has 8 atom stereocenters. The SMILES string of the molecule is CC(=O)OC12CCC(OC(=O)C3CC45CC3C(C(C)(C)C)C4C5(C)C)C(C1)OC2=O. The van der Waals surface area contributed by atoms with Gasteiger partial charge in [-0.05, 0) is 53.3 Å². The van der Waals surface area contributed by atoms with Crippen LogP contribution in [0.3, 0.4) is 0 Å². The predicted octanol–water partition coefficient (Wildman–Crippen LogP) is 3.65. The molecule has 1 heterocycles. The van der Waals surface area contributed by atoms with Crippen molar-refractivity contribution < 1.29 is 28.6 Å². The van der Waals surface area contributed by atoms with E-state index >= 15 is 0 Å². The maximum Gasteiger partial charge on any atom is 0.351 e. The minimum absolute atomic E-state index is 0.0653. The van der Waals surface area contributed by atoms with Gasteiger partial charge in [-0.25, -0.2) is 4.79 Å². The van der Waals surface area contributed by atoms with E-state index in [0.29, 0.717) is 36.0 Å². The Morgan fingerprint density at radius 3 is 2.43 bits per heavy atom. The lowest BCUT2D eigenvalue weighted by Crippen LogP contribution is -2.45. The number of fused-ring (bicyclic) bond motifs is 3. The van der Waals surface area contributed by atoms with Crippen LogP contribution in [0.15, 0.2) is 0 Å². The summed E-state index contributed by atoms with van der Waals surface area (Å²) in [5.74, 6) is 0.435. The van der Waals surface area contributed by atoms with Crippen molar-refractivity contribution in [2.45, 2.75) is 91.5 Å². The molecule has 0 N–H and O–H groups in total. The van der Waals surface area contributed by atoms with Gasteiger partial charge in [-0.1, -0.05) is 34.6 Å². The first-order valence-electron chi connectivity index (χ1n) is 11.4. The largest absolute Gasteiger partial charge is 0.458 e. The van der Waals surface area contributed by atoms with Crippen LogP contribution in [-0.4, -0.2) is 35.7 Å². The average molecular weight is 419 g/mol. The molecule has 1 aliphatic heterocycles. The van der Waals surface area contributed by atoms with Crippen molar-refractivity contribution in [3.8, 4) is 0 Å². The highest BCUT2D eigenvalue weighted by molar-refractivity contribution is 5.85. The standard InChI is InChI=1S/C24H34O6/c1-12(25)30-24-8-7-15(16(11-24)29-20(24)27)28-19(26)14-10-23-9-13(14)17(21(2,3)4)18(23)22(23,5)6/h13-18H,7-11H2,1-6H3. The Bertz CT molecular complexity index is 824. The summed E-state index contributed by atoms with van der Waals surface area (Å²) in [5.41, 5.74) is -0.436. The molecular formula is C24H34O6. The summed E-state index contributed by atoms with van der Waals surface area (Å²) in [6.45, 7) is 12.9. The van der Waals surface area contributed by atoms with Crippen LogP contribution in [-0.2, 0) is 28.6 Å². The lowest BCUT2D eigenvalue weighted by molar-refractivity contribution is -0.171. The van der Waals surface area contributed by atoms with Crippen LogP contribution in [0.2, 0.25) is 0 Å². The van der Waals surface area contributed by atoms with Gasteiger partial charge in [0.05, 0.1) is 5.92 Å². The summed E-state index contributed by atoms with van der Waals surface area (Å²) in [5, 5.41) is 0.